The van der Waals surface area contributed by atoms with Crippen LogP contribution in [-0.2, 0) is 0 Å². The summed E-state index contributed by atoms with van der Waals surface area (Å²) in [5.41, 5.74) is 2.84. The van der Waals surface area contributed by atoms with Gasteiger partial charge in [-0.3, -0.25) is 4.79 Å². The first-order valence-corrected chi connectivity index (χ1v) is 8.10. The van der Waals surface area contributed by atoms with Crippen LogP contribution in [0.15, 0.2) is 72.8 Å². The van der Waals surface area contributed by atoms with Crippen LogP contribution in [-0.4, -0.2) is 15.9 Å². The molecule has 0 saturated heterocycles. The van der Waals surface area contributed by atoms with Crippen LogP contribution in [0, 0.1) is 0 Å². The van der Waals surface area contributed by atoms with Gasteiger partial charge in [0, 0.05) is 21.9 Å². The first-order valence-electron chi connectivity index (χ1n) is 8.10. The summed E-state index contributed by atoms with van der Waals surface area (Å²) in [6, 6.07) is 22.7. The van der Waals surface area contributed by atoms with Gasteiger partial charge in [-0.1, -0.05) is 60.7 Å². The number of benzene rings is 3. The van der Waals surface area contributed by atoms with E-state index in [4.69, 9.17) is 0 Å². The molecule has 4 aromatic rings. The smallest absolute Gasteiger partial charge is 0.199 e. The molecule has 1 aliphatic rings. The zero-order valence-corrected chi connectivity index (χ0v) is 13.2. The van der Waals surface area contributed by atoms with E-state index in [0.717, 1.165) is 21.7 Å². The monoisotopic (exact) mass is 323 g/mol. The van der Waals surface area contributed by atoms with E-state index in [-0.39, 0.29) is 17.1 Å². The molecule has 0 aliphatic heterocycles. The van der Waals surface area contributed by atoms with E-state index < -0.39 is 0 Å². The highest BCUT2D eigenvalue weighted by Crippen LogP contribution is 2.38. The minimum Gasteiger partial charge on any atom is -0.506 e. The molecule has 0 unspecified atom stereocenters. The fraction of sp³-hybridized carbons (Fsp3) is 0. The number of hydrogen-bond acceptors (Lipinski definition) is 3. The predicted octanol–water partition coefficient (Wildman–Crippen LogP) is 5.01. The van der Waals surface area contributed by atoms with Gasteiger partial charge >= 0.3 is 0 Å². The number of para-hydroxylation sites is 1. The lowest BCUT2D eigenvalue weighted by molar-refractivity contribution is 0.105. The molecule has 1 aliphatic carbocycles. The van der Waals surface area contributed by atoms with Gasteiger partial charge in [0.25, 0.3) is 0 Å². The fourth-order valence-electron chi connectivity index (χ4n) is 3.55. The SMILES string of the molecule is O=C1C(c2ccc3ccccc3n2)=C(O)c2cccc3cccc1c23. The van der Waals surface area contributed by atoms with E-state index in [9.17, 15) is 9.90 Å². The first-order chi connectivity index (χ1) is 12.2. The van der Waals surface area contributed by atoms with Crippen LogP contribution < -0.4 is 0 Å². The Morgan fingerprint density at radius 1 is 0.720 bits per heavy atom. The summed E-state index contributed by atoms with van der Waals surface area (Å²) in [7, 11) is 0. The Morgan fingerprint density at radius 2 is 1.44 bits per heavy atom. The first kappa shape index (κ1) is 13.9. The Morgan fingerprint density at radius 3 is 2.28 bits per heavy atom. The Balaban J connectivity index is 1.83. The summed E-state index contributed by atoms with van der Waals surface area (Å²) in [5, 5.41) is 13.6. The van der Waals surface area contributed by atoms with Crippen molar-refractivity contribution < 1.29 is 9.90 Å². The van der Waals surface area contributed by atoms with E-state index in [0.29, 0.717) is 16.8 Å². The van der Waals surface area contributed by atoms with Crippen LogP contribution in [0.5, 0.6) is 0 Å². The second-order valence-electron chi connectivity index (χ2n) is 6.15. The van der Waals surface area contributed by atoms with Gasteiger partial charge in [0.15, 0.2) is 5.78 Å². The number of hydrogen-bond donors (Lipinski definition) is 1. The molecule has 5 rings (SSSR count). The predicted molar refractivity (Wildman–Crippen MR) is 99.5 cm³/mol. The number of rotatable bonds is 1. The maximum Gasteiger partial charge on any atom is 0.199 e. The van der Waals surface area contributed by atoms with Crippen LogP contribution in [0.1, 0.15) is 21.6 Å². The number of carbonyl (C=O) groups excluding carboxylic acids is 1. The number of allylic oxidation sites excluding steroid dienone is 1. The number of ketones is 1. The molecule has 0 amide bonds. The summed E-state index contributed by atoms with van der Waals surface area (Å²) in [4.78, 5) is 17.7. The van der Waals surface area contributed by atoms with Gasteiger partial charge in [0.2, 0.25) is 0 Å². The van der Waals surface area contributed by atoms with Crippen molar-refractivity contribution in [3.63, 3.8) is 0 Å². The molecular weight excluding hydrogens is 310 g/mol. The number of fused-ring (bicyclic) bond motifs is 1. The molecule has 3 nitrogen and oxygen atoms in total. The van der Waals surface area contributed by atoms with Gasteiger partial charge < -0.3 is 5.11 Å². The molecule has 25 heavy (non-hydrogen) atoms. The topological polar surface area (TPSA) is 50.2 Å². The second kappa shape index (κ2) is 5.02. The Bertz CT molecular complexity index is 1220. The normalized spacial score (nSPS) is 13.7. The van der Waals surface area contributed by atoms with E-state index in [2.05, 4.69) is 4.98 Å². The van der Waals surface area contributed by atoms with E-state index in [1.165, 1.54) is 0 Å². The van der Waals surface area contributed by atoms with Gasteiger partial charge in [-0.15, -0.1) is 0 Å². The quantitative estimate of drug-likeness (QED) is 0.535. The third-order valence-corrected chi connectivity index (χ3v) is 4.72. The molecule has 1 aromatic heterocycles. The fourth-order valence-corrected chi connectivity index (χ4v) is 3.55. The minimum atomic E-state index is -0.190. The largest absolute Gasteiger partial charge is 0.506 e. The maximum absolute atomic E-state index is 13.1. The van der Waals surface area contributed by atoms with Gasteiger partial charge in [0.05, 0.1) is 16.8 Å². The Labute approximate surface area is 143 Å². The number of Topliss-reactive ketones (excluding diaryl/α,β-unsaturated/α-hetero) is 1. The summed E-state index contributed by atoms with van der Waals surface area (Å²) >= 11 is 0. The molecule has 0 spiro atoms. The third kappa shape index (κ3) is 1.93. The van der Waals surface area contributed by atoms with Gasteiger partial charge in [-0.05, 0) is 17.5 Å². The van der Waals surface area contributed by atoms with Crippen molar-refractivity contribution in [1.82, 2.24) is 4.98 Å². The molecule has 0 saturated carbocycles. The molecule has 0 fully saturated rings. The highest BCUT2D eigenvalue weighted by atomic mass is 16.3. The molecule has 0 radical (unpaired) electrons. The number of pyridine rings is 1. The number of aromatic nitrogens is 1. The molecule has 1 heterocycles. The summed E-state index contributed by atoms with van der Waals surface area (Å²) < 4.78 is 0. The average molecular weight is 323 g/mol. The number of nitrogens with zero attached hydrogens (tertiary/aromatic N) is 1. The van der Waals surface area contributed by atoms with Crippen molar-refractivity contribution in [2.75, 3.05) is 0 Å². The molecule has 3 aromatic carbocycles. The number of carbonyl (C=O) groups is 1. The van der Waals surface area contributed by atoms with Crippen molar-refractivity contribution in [1.29, 1.82) is 0 Å². The number of aliphatic hydroxyl groups is 1. The Kier molecular flexibility index (Phi) is 2.80. The molecule has 0 bridgehead atoms. The van der Waals surface area contributed by atoms with Crippen LogP contribution in [0.2, 0.25) is 0 Å². The maximum atomic E-state index is 13.1. The van der Waals surface area contributed by atoms with E-state index >= 15 is 0 Å². The third-order valence-electron chi connectivity index (χ3n) is 4.72. The van der Waals surface area contributed by atoms with Gasteiger partial charge in [0.1, 0.15) is 5.76 Å². The molecule has 0 atom stereocenters. The molecule has 1 N–H and O–H groups in total. The van der Waals surface area contributed by atoms with Gasteiger partial charge in [-0.25, -0.2) is 4.98 Å². The Hall–Kier alpha value is -3.46. The van der Waals surface area contributed by atoms with Crippen LogP contribution in [0.3, 0.4) is 0 Å². The van der Waals surface area contributed by atoms with Crippen LogP contribution in [0.4, 0.5) is 0 Å². The van der Waals surface area contributed by atoms with Crippen molar-refractivity contribution in [3.05, 3.63) is 89.6 Å². The van der Waals surface area contributed by atoms with E-state index in [1.807, 2.05) is 66.7 Å². The molecule has 118 valence electrons. The highest BCUT2D eigenvalue weighted by molar-refractivity contribution is 6.39. The minimum absolute atomic E-state index is 0.00270. The van der Waals surface area contributed by atoms with Crippen molar-refractivity contribution >= 4 is 38.8 Å². The average Bonchev–Trinajstić information content (AvgIpc) is 2.66. The zero-order chi connectivity index (χ0) is 17.0. The summed E-state index contributed by atoms with van der Waals surface area (Å²) in [6.45, 7) is 0. The molecule has 3 heteroatoms. The lowest BCUT2D eigenvalue weighted by atomic mass is 9.85. The van der Waals surface area contributed by atoms with Gasteiger partial charge in [-0.2, -0.15) is 0 Å². The van der Waals surface area contributed by atoms with Crippen molar-refractivity contribution in [3.8, 4) is 0 Å². The zero-order valence-electron chi connectivity index (χ0n) is 13.2. The van der Waals surface area contributed by atoms with Crippen molar-refractivity contribution in [2.24, 2.45) is 0 Å². The summed E-state index contributed by atoms with van der Waals surface area (Å²) in [6.07, 6.45) is 0. The highest BCUT2D eigenvalue weighted by Gasteiger charge is 2.29. The van der Waals surface area contributed by atoms with E-state index in [1.54, 1.807) is 6.07 Å². The number of aliphatic hydroxyl groups excluding tert-OH is 1. The van der Waals surface area contributed by atoms with Crippen LogP contribution >= 0.6 is 0 Å². The van der Waals surface area contributed by atoms with Crippen molar-refractivity contribution in [2.45, 2.75) is 0 Å². The summed E-state index contributed by atoms with van der Waals surface area (Å²) in [5.74, 6) is -0.193. The van der Waals surface area contributed by atoms with Crippen LogP contribution in [0.25, 0.3) is 33.0 Å². The standard InChI is InChI=1S/C22H13NO2/c24-21-15-8-3-6-14-7-4-9-16(19(14)15)22(25)20(21)18-12-11-13-5-1-2-10-17(13)23-18/h1-12,24H. The second-order valence-corrected chi connectivity index (χ2v) is 6.15. The lowest BCUT2D eigenvalue weighted by Gasteiger charge is -2.19. The lowest BCUT2D eigenvalue weighted by Crippen LogP contribution is -2.13. The molecular formula is C22H13NO2.